The van der Waals surface area contributed by atoms with Crippen molar-refractivity contribution in [2.45, 2.75) is 178 Å². The summed E-state index contributed by atoms with van der Waals surface area (Å²) in [5.74, 6) is -1.75. The average Bonchev–Trinajstić information content (AvgIpc) is 3.75. The lowest BCUT2D eigenvalue weighted by atomic mass is 9.98. The first-order valence-corrected chi connectivity index (χ1v) is 21.1. The summed E-state index contributed by atoms with van der Waals surface area (Å²) in [7, 11) is 0. The third kappa shape index (κ3) is 11.1. The highest BCUT2D eigenvalue weighted by atomic mass is 16.8. The minimum Gasteiger partial charge on any atom is -0.479 e. The number of carboxylic acids is 1. The highest BCUT2D eigenvalue weighted by Crippen LogP contribution is 2.36. The number of aliphatic hydroxyl groups excluding tert-OH is 16. The third-order valence-electron chi connectivity index (χ3n) is 12.3. The van der Waals surface area contributed by atoms with Crippen molar-refractivity contribution in [2.24, 2.45) is 0 Å². The predicted molar refractivity (Wildman–Crippen MR) is 196 cm³/mol. The molecule has 0 aliphatic carbocycles. The van der Waals surface area contributed by atoms with Crippen LogP contribution in [0, 0.1) is 0 Å². The van der Waals surface area contributed by atoms with E-state index >= 15 is 0 Å². The SMILES string of the molecule is O=C(O)C1OC(OC2C(OC3COC(OC4COC(OC5COC(O)C(O)C5O)C(O)C4OC4OC(CO)C(O)C4OC4OC(CO)C(O)C4O)C(O)C3O)OCC(O)C2O)C(O)C(O)C1O. The van der Waals surface area contributed by atoms with Crippen LogP contribution >= 0.6 is 0 Å². The minimum atomic E-state index is -2.12. The van der Waals surface area contributed by atoms with E-state index in [9.17, 15) is 91.6 Å². The quantitative estimate of drug-likeness (QED) is 0.0724. The van der Waals surface area contributed by atoms with Crippen LogP contribution in [0.1, 0.15) is 0 Å². The molecule has 0 aromatic heterocycles. The van der Waals surface area contributed by atoms with Crippen LogP contribution in [0.3, 0.4) is 0 Å². The Kier molecular flexibility index (Phi) is 17.7. The maximum absolute atomic E-state index is 11.7. The molecular formula is C36H58O31. The van der Waals surface area contributed by atoms with Gasteiger partial charge in [-0.3, -0.25) is 0 Å². The van der Waals surface area contributed by atoms with Crippen molar-refractivity contribution in [2.75, 3.05) is 39.6 Å². The molecule has 67 heavy (non-hydrogen) atoms. The van der Waals surface area contributed by atoms with Gasteiger partial charge in [0.25, 0.3) is 0 Å². The van der Waals surface area contributed by atoms with Gasteiger partial charge in [0.05, 0.1) is 39.6 Å². The Morgan fingerprint density at radius 3 is 1.48 bits per heavy atom. The smallest absolute Gasteiger partial charge is 0.335 e. The molecule has 7 rings (SSSR count). The summed E-state index contributed by atoms with van der Waals surface area (Å²) in [5.41, 5.74) is 0. The standard InChI is InChI=1S/C36H58O31/c37-1-8-14(41)22(49)33(59-8)67-28-17(44)9(2-38)60-36(28)64-25-12(6-58-32(24(25)51)61-10-4-55-30(54)20(47)15(10)42)63-31-21(48)16(43)11(5-57-31)62-35-27(13(40)7(39)3-56-35)66-34-23(50)18(45)19(46)26(65-34)29(52)53/h7-28,30-51,54H,1-6H2,(H,52,53). The van der Waals surface area contributed by atoms with Crippen molar-refractivity contribution >= 4 is 5.97 Å². The molecule has 0 aromatic rings. The number of ether oxygens (including phenoxy) is 13. The van der Waals surface area contributed by atoms with Crippen LogP contribution in [-0.2, 0) is 66.4 Å². The highest BCUT2D eigenvalue weighted by Gasteiger charge is 2.56. The van der Waals surface area contributed by atoms with E-state index < -0.39 is 224 Å². The van der Waals surface area contributed by atoms with Gasteiger partial charge in [-0.05, 0) is 0 Å². The fourth-order valence-electron chi connectivity index (χ4n) is 8.33. The van der Waals surface area contributed by atoms with Gasteiger partial charge in [-0.2, -0.15) is 0 Å². The average molecular weight is 987 g/mol. The van der Waals surface area contributed by atoms with Gasteiger partial charge in [0, 0.05) is 0 Å². The summed E-state index contributed by atoms with van der Waals surface area (Å²) >= 11 is 0. The van der Waals surface area contributed by atoms with Gasteiger partial charge in [0.1, 0.15) is 128 Å². The molecule has 31 heteroatoms. The fourth-order valence-corrected chi connectivity index (χ4v) is 8.33. The van der Waals surface area contributed by atoms with Gasteiger partial charge in [-0.1, -0.05) is 0 Å². The van der Waals surface area contributed by atoms with Crippen LogP contribution in [0.5, 0.6) is 0 Å². The number of aliphatic hydroxyl groups is 16. The van der Waals surface area contributed by atoms with Crippen molar-refractivity contribution in [3.8, 4) is 0 Å². The van der Waals surface area contributed by atoms with E-state index in [1.165, 1.54) is 0 Å². The van der Waals surface area contributed by atoms with Crippen molar-refractivity contribution in [3.63, 3.8) is 0 Å². The molecule has 7 aliphatic heterocycles. The van der Waals surface area contributed by atoms with Gasteiger partial charge in [0.2, 0.25) is 0 Å². The fraction of sp³-hybridized carbons (Fsp3) is 0.972. The molecule has 7 aliphatic rings. The predicted octanol–water partition coefficient (Wildman–Crippen LogP) is -12.3. The van der Waals surface area contributed by atoms with Gasteiger partial charge in [-0.15, -0.1) is 0 Å². The zero-order chi connectivity index (χ0) is 48.8. The Labute approximate surface area is 377 Å². The number of aliphatic carboxylic acids is 1. The zero-order valence-electron chi connectivity index (χ0n) is 34.8. The van der Waals surface area contributed by atoms with E-state index in [-0.39, 0.29) is 0 Å². The van der Waals surface area contributed by atoms with Crippen LogP contribution in [0.2, 0.25) is 0 Å². The number of carboxylic acid groups (broad SMARTS) is 1. The first kappa shape index (κ1) is 53.1. The third-order valence-corrected chi connectivity index (χ3v) is 12.3. The molecule has 0 aromatic carbocycles. The van der Waals surface area contributed by atoms with E-state index in [4.69, 9.17) is 61.6 Å². The lowest BCUT2D eigenvalue weighted by Gasteiger charge is -2.46. The molecule has 7 fully saturated rings. The molecule has 29 atom stereocenters. The first-order valence-electron chi connectivity index (χ1n) is 21.1. The van der Waals surface area contributed by atoms with Crippen molar-refractivity contribution in [1.82, 2.24) is 0 Å². The Hall–Kier alpha value is -1.69. The van der Waals surface area contributed by atoms with Crippen molar-refractivity contribution in [1.29, 1.82) is 0 Å². The number of hydrogen-bond donors (Lipinski definition) is 17. The second kappa shape index (κ2) is 22.4. The first-order chi connectivity index (χ1) is 31.7. The molecule has 0 amide bonds. The van der Waals surface area contributed by atoms with Gasteiger partial charge in [0.15, 0.2) is 50.1 Å². The zero-order valence-corrected chi connectivity index (χ0v) is 34.8. The highest BCUT2D eigenvalue weighted by molar-refractivity contribution is 5.73. The van der Waals surface area contributed by atoms with E-state index in [1.807, 2.05) is 0 Å². The molecule has 388 valence electrons. The molecular weight excluding hydrogens is 928 g/mol. The van der Waals surface area contributed by atoms with Gasteiger partial charge < -0.3 is 148 Å². The molecule has 0 bridgehead atoms. The molecule has 17 N–H and O–H groups in total. The summed E-state index contributed by atoms with van der Waals surface area (Å²) in [6.45, 7) is -3.99. The second-order valence-electron chi connectivity index (χ2n) is 16.8. The van der Waals surface area contributed by atoms with Crippen LogP contribution in [-0.4, -0.2) is 311 Å². The lowest BCUT2D eigenvalue weighted by molar-refractivity contribution is -0.379. The van der Waals surface area contributed by atoms with E-state index in [2.05, 4.69) is 0 Å². The molecule has 7 saturated heterocycles. The van der Waals surface area contributed by atoms with Crippen LogP contribution in [0.25, 0.3) is 0 Å². The number of hydrogen-bond acceptors (Lipinski definition) is 30. The lowest BCUT2D eigenvalue weighted by Crippen LogP contribution is -2.65. The van der Waals surface area contributed by atoms with Crippen LogP contribution < -0.4 is 0 Å². The topological polar surface area (TPSA) is 481 Å². The molecule has 0 radical (unpaired) electrons. The summed E-state index contributed by atoms with van der Waals surface area (Å²) in [6, 6.07) is 0. The van der Waals surface area contributed by atoms with E-state index in [0.717, 1.165) is 0 Å². The molecule has 0 saturated carbocycles. The van der Waals surface area contributed by atoms with Crippen LogP contribution in [0.15, 0.2) is 0 Å². The van der Waals surface area contributed by atoms with Gasteiger partial charge >= 0.3 is 5.97 Å². The Morgan fingerprint density at radius 2 is 0.851 bits per heavy atom. The van der Waals surface area contributed by atoms with Crippen LogP contribution in [0.4, 0.5) is 0 Å². The number of carbonyl (C=O) groups is 1. The Bertz CT molecular complexity index is 1590. The van der Waals surface area contributed by atoms with E-state index in [1.54, 1.807) is 0 Å². The summed E-state index contributed by atoms with van der Waals surface area (Å²) in [5, 5.41) is 177. The minimum absolute atomic E-state index is 0.510. The summed E-state index contributed by atoms with van der Waals surface area (Å²) < 4.78 is 72.7. The Balaban J connectivity index is 1.05. The van der Waals surface area contributed by atoms with Crippen molar-refractivity contribution in [3.05, 3.63) is 0 Å². The molecule has 0 spiro atoms. The monoisotopic (exact) mass is 986 g/mol. The van der Waals surface area contributed by atoms with Crippen molar-refractivity contribution < 1.29 is 153 Å². The normalized spacial score (nSPS) is 53.2. The number of rotatable bonds is 15. The largest absolute Gasteiger partial charge is 0.479 e. The molecule has 31 nitrogen and oxygen atoms in total. The molecule has 7 heterocycles. The molecule has 29 unspecified atom stereocenters. The maximum atomic E-state index is 11.7. The summed E-state index contributed by atoms with van der Waals surface area (Å²) in [4.78, 5) is 11.6. The Morgan fingerprint density at radius 1 is 0.388 bits per heavy atom. The summed E-state index contributed by atoms with van der Waals surface area (Å²) in [6.07, 6.45) is -52.2. The van der Waals surface area contributed by atoms with E-state index in [0.29, 0.717) is 0 Å². The van der Waals surface area contributed by atoms with Gasteiger partial charge in [-0.25, -0.2) is 4.79 Å². The maximum Gasteiger partial charge on any atom is 0.335 e. The second-order valence-corrected chi connectivity index (χ2v) is 16.8.